The van der Waals surface area contributed by atoms with Gasteiger partial charge in [0.05, 0.1) is 40.3 Å². The van der Waals surface area contributed by atoms with Gasteiger partial charge < -0.3 is 9.64 Å². The Kier molecular flexibility index (Phi) is 5.39. The van der Waals surface area contributed by atoms with Gasteiger partial charge in [0.25, 0.3) is 0 Å². The van der Waals surface area contributed by atoms with Crippen molar-refractivity contribution in [3.63, 3.8) is 0 Å². The number of thiophene rings is 1. The molecule has 1 aliphatic heterocycles. The van der Waals surface area contributed by atoms with Crippen LogP contribution < -0.4 is 4.90 Å². The second-order valence-corrected chi connectivity index (χ2v) is 9.29. The fourth-order valence-corrected chi connectivity index (χ4v) is 5.47. The van der Waals surface area contributed by atoms with E-state index in [0.717, 1.165) is 51.2 Å². The van der Waals surface area contributed by atoms with E-state index in [2.05, 4.69) is 37.8 Å². The number of benzene rings is 2. The van der Waals surface area contributed by atoms with Crippen LogP contribution in [0.3, 0.4) is 0 Å². The summed E-state index contributed by atoms with van der Waals surface area (Å²) >= 11 is 1.62. The number of aromatic nitrogens is 4. The summed E-state index contributed by atoms with van der Waals surface area (Å²) in [4.78, 5) is 20.1. The van der Waals surface area contributed by atoms with Gasteiger partial charge >= 0.3 is 0 Å². The smallest absolute Gasteiger partial charge is 0.132 e. The molecule has 6 rings (SSSR count). The van der Waals surface area contributed by atoms with E-state index in [4.69, 9.17) is 4.74 Å². The molecule has 0 N–H and O–H groups in total. The molecule has 1 saturated heterocycles. The fraction of sp³-hybridized carbons (Fsp3) is 0.231. The van der Waals surface area contributed by atoms with E-state index in [1.54, 1.807) is 17.7 Å². The summed E-state index contributed by atoms with van der Waals surface area (Å²) in [6.45, 7) is 5.21. The van der Waals surface area contributed by atoms with Gasteiger partial charge in [-0.3, -0.25) is 0 Å². The Morgan fingerprint density at radius 2 is 1.76 bits per heavy atom. The van der Waals surface area contributed by atoms with Gasteiger partial charge in [0.2, 0.25) is 0 Å². The normalized spacial score (nSPS) is 15.2. The first kappa shape index (κ1) is 21.1. The predicted molar refractivity (Wildman–Crippen MR) is 133 cm³/mol. The van der Waals surface area contributed by atoms with E-state index >= 15 is 4.39 Å². The van der Waals surface area contributed by atoms with Crippen LogP contribution in [-0.4, -0.2) is 46.2 Å². The van der Waals surface area contributed by atoms with E-state index in [9.17, 15) is 0 Å². The highest BCUT2D eigenvalue weighted by atomic mass is 32.1. The third-order valence-corrected chi connectivity index (χ3v) is 7.35. The molecule has 1 atom stereocenters. The summed E-state index contributed by atoms with van der Waals surface area (Å²) in [7, 11) is 0. The van der Waals surface area contributed by atoms with E-state index < -0.39 is 0 Å². The van der Waals surface area contributed by atoms with Crippen LogP contribution in [0.15, 0.2) is 60.5 Å². The molecular formula is C26H22FN5OS. The largest absolute Gasteiger partial charge is 0.378 e. The maximum atomic E-state index is 15.1. The Morgan fingerprint density at radius 3 is 2.65 bits per heavy atom. The molecule has 5 aromatic rings. The molecule has 2 aromatic carbocycles. The first-order chi connectivity index (χ1) is 16.7. The molecule has 1 unspecified atom stereocenters. The lowest BCUT2D eigenvalue weighted by Crippen LogP contribution is -2.36. The van der Waals surface area contributed by atoms with Gasteiger partial charge in [-0.1, -0.05) is 13.0 Å². The number of rotatable bonds is 4. The lowest BCUT2D eigenvalue weighted by atomic mass is 9.94. The Bertz CT molecular complexity index is 1500. The molecule has 0 amide bonds. The van der Waals surface area contributed by atoms with Crippen molar-refractivity contribution in [2.24, 2.45) is 0 Å². The number of fused-ring (bicyclic) bond motifs is 2. The molecule has 0 saturated carbocycles. The zero-order chi connectivity index (χ0) is 23.1. The van der Waals surface area contributed by atoms with Crippen LogP contribution in [0.4, 0.5) is 10.1 Å². The first-order valence-corrected chi connectivity index (χ1v) is 12.1. The molecule has 34 heavy (non-hydrogen) atoms. The van der Waals surface area contributed by atoms with Crippen molar-refractivity contribution in [3.8, 4) is 11.3 Å². The van der Waals surface area contributed by atoms with E-state index in [0.29, 0.717) is 24.5 Å². The summed E-state index contributed by atoms with van der Waals surface area (Å²) in [5, 5.41) is 2.84. The number of nitrogens with zero attached hydrogens (tertiary/aromatic N) is 5. The third-order valence-electron chi connectivity index (χ3n) is 6.42. The van der Waals surface area contributed by atoms with Crippen LogP contribution in [0, 0.1) is 5.82 Å². The van der Waals surface area contributed by atoms with Crippen molar-refractivity contribution in [1.29, 1.82) is 0 Å². The van der Waals surface area contributed by atoms with Gasteiger partial charge in [-0.05, 0) is 47.3 Å². The third kappa shape index (κ3) is 3.69. The lowest BCUT2D eigenvalue weighted by Gasteiger charge is -2.29. The molecule has 1 fully saturated rings. The summed E-state index contributed by atoms with van der Waals surface area (Å²) in [5.74, 6) is -0.332. The molecule has 0 radical (unpaired) electrons. The minimum atomic E-state index is -0.308. The second-order valence-electron chi connectivity index (χ2n) is 8.38. The molecule has 3 aromatic heterocycles. The van der Waals surface area contributed by atoms with Crippen LogP contribution in [0.25, 0.3) is 32.4 Å². The van der Waals surface area contributed by atoms with Gasteiger partial charge in [-0.25, -0.2) is 24.3 Å². The van der Waals surface area contributed by atoms with Crippen LogP contribution in [0.5, 0.6) is 0 Å². The van der Waals surface area contributed by atoms with Gasteiger partial charge in [0.1, 0.15) is 18.5 Å². The summed E-state index contributed by atoms with van der Waals surface area (Å²) in [5.41, 5.74) is 5.79. The van der Waals surface area contributed by atoms with Gasteiger partial charge in [-0.2, -0.15) is 0 Å². The van der Waals surface area contributed by atoms with Crippen molar-refractivity contribution in [1.82, 2.24) is 19.9 Å². The van der Waals surface area contributed by atoms with Crippen molar-refractivity contribution in [2.75, 3.05) is 31.2 Å². The molecule has 0 aliphatic carbocycles. The van der Waals surface area contributed by atoms with Crippen LogP contribution in [0.2, 0.25) is 0 Å². The maximum Gasteiger partial charge on any atom is 0.132 e. The maximum absolute atomic E-state index is 15.1. The SMILES string of the molecule is CC(c1ccc(F)c(-c2ncnc3cc(N4CCOCC4)ccc23)c1)c1ncnc2ccsc12. The zero-order valence-electron chi connectivity index (χ0n) is 18.6. The number of hydrogen-bond donors (Lipinski definition) is 0. The molecule has 0 spiro atoms. The van der Waals surface area contributed by atoms with Crippen LogP contribution >= 0.6 is 11.3 Å². The molecule has 6 nitrogen and oxygen atoms in total. The second kappa shape index (κ2) is 8.70. The summed E-state index contributed by atoms with van der Waals surface area (Å²) in [6.07, 6.45) is 3.10. The van der Waals surface area contributed by atoms with Crippen molar-refractivity contribution < 1.29 is 9.13 Å². The minimum absolute atomic E-state index is 0.0236. The minimum Gasteiger partial charge on any atom is -0.378 e. The average Bonchev–Trinajstić information content (AvgIpc) is 3.38. The molecular weight excluding hydrogens is 449 g/mol. The lowest BCUT2D eigenvalue weighted by molar-refractivity contribution is 0.122. The van der Waals surface area contributed by atoms with Crippen LogP contribution in [0.1, 0.15) is 24.1 Å². The highest BCUT2D eigenvalue weighted by molar-refractivity contribution is 7.17. The number of anilines is 1. The quantitative estimate of drug-likeness (QED) is 0.348. The summed E-state index contributed by atoms with van der Waals surface area (Å²) < 4.78 is 21.6. The number of morpholine rings is 1. The highest BCUT2D eigenvalue weighted by Crippen LogP contribution is 2.35. The van der Waals surface area contributed by atoms with E-state index in [-0.39, 0.29) is 11.7 Å². The van der Waals surface area contributed by atoms with E-state index in [1.807, 2.05) is 35.7 Å². The Labute approximate surface area is 200 Å². The molecule has 4 heterocycles. The Balaban J connectivity index is 1.42. The van der Waals surface area contributed by atoms with Crippen molar-refractivity contribution in [2.45, 2.75) is 12.8 Å². The first-order valence-electron chi connectivity index (χ1n) is 11.2. The Hall–Kier alpha value is -3.49. The predicted octanol–water partition coefficient (Wildman–Crippen LogP) is 5.43. The van der Waals surface area contributed by atoms with Gasteiger partial charge in [0.15, 0.2) is 0 Å². The number of halogens is 1. The van der Waals surface area contributed by atoms with Crippen molar-refractivity contribution in [3.05, 3.63) is 77.6 Å². The molecule has 1 aliphatic rings. The fourth-order valence-electron chi connectivity index (χ4n) is 4.55. The van der Waals surface area contributed by atoms with Gasteiger partial charge in [-0.15, -0.1) is 11.3 Å². The Morgan fingerprint density at radius 1 is 0.941 bits per heavy atom. The highest BCUT2D eigenvalue weighted by Gasteiger charge is 2.19. The number of ether oxygens (including phenoxy) is 1. The van der Waals surface area contributed by atoms with E-state index in [1.165, 1.54) is 12.4 Å². The molecule has 170 valence electrons. The van der Waals surface area contributed by atoms with Gasteiger partial charge in [0, 0.05) is 35.6 Å². The summed E-state index contributed by atoms with van der Waals surface area (Å²) in [6, 6.07) is 13.3. The average molecular weight is 472 g/mol. The molecule has 8 heteroatoms. The number of hydrogen-bond acceptors (Lipinski definition) is 7. The van der Waals surface area contributed by atoms with Crippen LogP contribution in [-0.2, 0) is 4.74 Å². The standard InChI is InChI=1S/C26H22FN5OS/c1-16(24-26-22(6-11-34-26)28-14-30-24)17-2-5-21(27)20(12-17)25-19-4-3-18(13-23(19)29-15-31-25)32-7-9-33-10-8-32/h2-6,11-16H,7-10H2,1H3. The zero-order valence-corrected chi connectivity index (χ0v) is 19.4. The molecule has 0 bridgehead atoms. The van der Waals surface area contributed by atoms with Crippen molar-refractivity contribution >= 4 is 38.1 Å². The monoisotopic (exact) mass is 471 g/mol. The topological polar surface area (TPSA) is 64.0 Å².